The summed E-state index contributed by atoms with van der Waals surface area (Å²) in [6.45, 7) is 2.65. The van der Waals surface area contributed by atoms with Crippen LogP contribution >= 0.6 is 0 Å². The number of aromatic nitrogens is 5. The van der Waals surface area contributed by atoms with Gasteiger partial charge < -0.3 is 29.7 Å². The zero-order valence-corrected chi connectivity index (χ0v) is 28.9. The van der Waals surface area contributed by atoms with Crippen LogP contribution in [0.15, 0.2) is 36.8 Å². The first kappa shape index (κ1) is 33.0. The van der Waals surface area contributed by atoms with Crippen LogP contribution in [0.2, 0.25) is 0 Å². The maximum atomic E-state index is 14.8. The standard InChI is InChI=1S/C37H39F3N8O5/c38-37(39,40)28-24(30(49)46-36(31(50)51)22-15-20-14-21-16-26(36)35(20,21)17-22)18-43-33(45-28)48-19-34(6-12-52-13-7-34)29-25(48)2-3-27(44-29)53-23-4-10-47(11-5-23)32-41-8-1-9-42-32/h1-3,8-9,18,20-23,26H,4-7,10-17,19H2,(H,46,49)(H,50,51). The average molecular weight is 733 g/mol. The molecule has 7 aliphatic rings. The summed E-state index contributed by atoms with van der Waals surface area (Å²) >= 11 is 0. The van der Waals surface area contributed by atoms with Crippen molar-refractivity contribution in [2.24, 2.45) is 29.1 Å². The summed E-state index contributed by atoms with van der Waals surface area (Å²) in [5.74, 6) is -1.07. The van der Waals surface area contributed by atoms with Gasteiger partial charge in [0, 0.05) is 75.8 Å². The molecular formula is C37H39F3N8O5. The van der Waals surface area contributed by atoms with E-state index in [0.717, 1.165) is 38.5 Å². The number of alkyl halides is 3. The number of piperidine rings is 1. The number of hydrogen-bond acceptors (Lipinski definition) is 11. The number of carbonyl (C=O) groups is 2. The van der Waals surface area contributed by atoms with Gasteiger partial charge in [-0.2, -0.15) is 13.2 Å². The van der Waals surface area contributed by atoms with Crippen molar-refractivity contribution in [1.29, 1.82) is 0 Å². The van der Waals surface area contributed by atoms with Crippen LogP contribution in [0.25, 0.3) is 0 Å². The molecule has 1 amide bonds. The number of ether oxygens (including phenoxy) is 2. The van der Waals surface area contributed by atoms with Crippen molar-refractivity contribution >= 4 is 29.5 Å². The Morgan fingerprint density at radius 1 is 0.962 bits per heavy atom. The zero-order valence-electron chi connectivity index (χ0n) is 28.9. The Hall–Kier alpha value is -4.60. The number of rotatable bonds is 7. The maximum absolute atomic E-state index is 14.8. The molecule has 0 radical (unpaired) electrons. The van der Waals surface area contributed by atoms with Gasteiger partial charge in [-0.05, 0) is 79.7 Å². The first-order chi connectivity index (χ1) is 25.5. The molecule has 6 unspecified atom stereocenters. The molecule has 13 nitrogen and oxygen atoms in total. The van der Waals surface area contributed by atoms with E-state index in [1.54, 1.807) is 35.5 Å². The van der Waals surface area contributed by atoms with Crippen LogP contribution in [0.5, 0.6) is 5.88 Å². The maximum Gasteiger partial charge on any atom is 0.434 e. The minimum atomic E-state index is -5.01. The fraction of sp³-hybridized carbons (Fsp3) is 0.595. The number of aliphatic carboxylic acids is 1. The van der Waals surface area contributed by atoms with Crippen LogP contribution in [0.4, 0.5) is 30.8 Å². The SMILES string of the molecule is O=C(NC1(C(=O)O)C2CC3CC4CC1C34C2)c1cnc(N2CC3(CCOCC3)c3nc(OC4CCN(c5ncccn5)CC4)ccc32)nc1C(F)(F)F. The molecule has 3 aromatic rings. The van der Waals surface area contributed by atoms with E-state index in [9.17, 15) is 27.9 Å². The molecular weight excluding hydrogens is 693 g/mol. The summed E-state index contributed by atoms with van der Waals surface area (Å²) in [5.41, 5.74) is -3.14. The fourth-order valence-corrected chi connectivity index (χ4v) is 11.5. The van der Waals surface area contributed by atoms with Crippen molar-refractivity contribution in [2.45, 2.75) is 74.6 Å². The lowest BCUT2D eigenvalue weighted by molar-refractivity contribution is -0.209. The highest BCUT2D eigenvalue weighted by Gasteiger charge is 2.83. The van der Waals surface area contributed by atoms with E-state index < -0.39 is 40.3 Å². The monoisotopic (exact) mass is 732 g/mol. The lowest BCUT2D eigenvalue weighted by Crippen LogP contribution is -2.73. The van der Waals surface area contributed by atoms with Gasteiger partial charge in [0.05, 0.1) is 16.9 Å². The van der Waals surface area contributed by atoms with Gasteiger partial charge in [-0.15, -0.1) is 0 Å². The molecule has 3 aliphatic heterocycles. The van der Waals surface area contributed by atoms with Gasteiger partial charge in [0.2, 0.25) is 17.8 Å². The summed E-state index contributed by atoms with van der Waals surface area (Å²) in [4.78, 5) is 52.4. The van der Waals surface area contributed by atoms with E-state index in [1.165, 1.54) is 0 Å². The van der Waals surface area contributed by atoms with Gasteiger partial charge >= 0.3 is 12.1 Å². The van der Waals surface area contributed by atoms with Gasteiger partial charge in [0.1, 0.15) is 11.6 Å². The zero-order chi connectivity index (χ0) is 36.3. The third-order valence-corrected chi connectivity index (χ3v) is 13.9. The number of fused-ring (bicyclic) bond motifs is 3. The highest BCUT2D eigenvalue weighted by Crippen LogP contribution is 2.83. The summed E-state index contributed by atoms with van der Waals surface area (Å²) in [6.07, 6.45) is 5.03. The molecule has 4 saturated carbocycles. The van der Waals surface area contributed by atoms with E-state index in [1.807, 2.05) is 0 Å². The predicted molar refractivity (Wildman–Crippen MR) is 181 cm³/mol. The molecule has 53 heavy (non-hydrogen) atoms. The Morgan fingerprint density at radius 2 is 1.70 bits per heavy atom. The number of hydrogen-bond donors (Lipinski definition) is 2. The third-order valence-electron chi connectivity index (χ3n) is 13.9. The molecule has 2 spiro atoms. The average Bonchev–Trinajstić information content (AvgIpc) is 3.76. The second-order valence-electron chi connectivity index (χ2n) is 16.1. The lowest BCUT2D eigenvalue weighted by Gasteiger charge is -2.69. The minimum Gasteiger partial charge on any atom is -0.479 e. The van der Waals surface area contributed by atoms with Crippen molar-refractivity contribution in [1.82, 2.24) is 30.2 Å². The Kier molecular flexibility index (Phi) is 7.13. The molecule has 6 heterocycles. The molecule has 3 aromatic heterocycles. The molecule has 6 atom stereocenters. The summed E-state index contributed by atoms with van der Waals surface area (Å²) < 4.78 is 56.4. The molecule has 2 bridgehead atoms. The number of pyridine rings is 1. The van der Waals surface area contributed by atoms with Crippen LogP contribution in [-0.4, -0.2) is 86.4 Å². The quantitative estimate of drug-likeness (QED) is 0.350. The first-order valence-corrected chi connectivity index (χ1v) is 18.6. The predicted octanol–water partition coefficient (Wildman–Crippen LogP) is 4.55. The van der Waals surface area contributed by atoms with Gasteiger partial charge in [0.25, 0.3) is 5.91 Å². The highest BCUT2D eigenvalue weighted by atomic mass is 19.4. The van der Waals surface area contributed by atoms with Crippen molar-refractivity contribution in [3.8, 4) is 5.88 Å². The van der Waals surface area contributed by atoms with E-state index in [4.69, 9.17) is 14.5 Å². The Balaban J connectivity index is 0.926. The minimum absolute atomic E-state index is 0.0831. The summed E-state index contributed by atoms with van der Waals surface area (Å²) in [7, 11) is 0. The van der Waals surface area contributed by atoms with E-state index in [0.29, 0.717) is 80.4 Å². The number of nitrogens with zero attached hydrogens (tertiary/aromatic N) is 7. The van der Waals surface area contributed by atoms with E-state index in [-0.39, 0.29) is 35.8 Å². The molecule has 0 aromatic carbocycles. The Morgan fingerprint density at radius 3 is 2.40 bits per heavy atom. The summed E-state index contributed by atoms with van der Waals surface area (Å²) in [6, 6.07) is 5.29. The van der Waals surface area contributed by atoms with Gasteiger partial charge in [-0.25, -0.2) is 29.7 Å². The molecule has 4 aliphatic carbocycles. The topological polar surface area (TPSA) is 156 Å². The van der Waals surface area contributed by atoms with Crippen LogP contribution in [0.3, 0.4) is 0 Å². The normalized spacial score (nSPS) is 32.1. The van der Waals surface area contributed by atoms with Gasteiger partial charge in [-0.1, -0.05) is 0 Å². The number of carbonyl (C=O) groups excluding carboxylic acids is 1. The summed E-state index contributed by atoms with van der Waals surface area (Å²) in [5, 5.41) is 13.1. The third kappa shape index (κ3) is 4.69. The molecule has 2 saturated heterocycles. The second-order valence-corrected chi connectivity index (χ2v) is 16.1. The molecule has 278 valence electrons. The van der Waals surface area contributed by atoms with Crippen molar-refractivity contribution < 1.29 is 37.3 Å². The van der Waals surface area contributed by atoms with Crippen molar-refractivity contribution in [3.63, 3.8) is 0 Å². The highest BCUT2D eigenvalue weighted by molar-refractivity contribution is 5.99. The second kappa shape index (κ2) is 11.5. The smallest absolute Gasteiger partial charge is 0.434 e. The number of amides is 1. The number of nitrogens with one attached hydrogen (secondary N) is 1. The number of halogens is 3. The van der Waals surface area contributed by atoms with Crippen LogP contribution in [-0.2, 0) is 21.1 Å². The van der Waals surface area contributed by atoms with Gasteiger partial charge in [0.15, 0.2) is 5.69 Å². The first-order valence-electron chi connectivity index (χ1n) is 18.6. The molecule has 6 fully saturated rings. The van der Waals surface area contributed by atoms with E-state index in [2.05, 4.69) is 30.2 Å². The Bertz CT molecular complexity index is 1990. The van der Waals surface area contributed by atoms with Crippen LogP contribution in [0, 0.1) is 29.1 Å². The molecule has 2 N–H and O–H groups in total. The lowest BCUT2D eigenvalue weighted by atomic mass is 9.36. The molecule has 16 heteroatoms. The van der Waals surface area contributed by atoms with Crippen molar-refractivity contribution in [2.75, 3.05) is 42.6 Å². The van der Waals surface area contributed by atoms with Crippen LogP contribution in [0.1, 0.15) is 73.1 Å². The van der Waals surface area contributed by atoms with Crippen LogP contribution < -0.4 is 19.9 Å². The Labute approximate surface area is 302 Å². The molecule has 10 rings (SSSR count). The van der Waals surface area contributed by atoms with E-state index >= 15 is 0 Å². The van der Waals surface area contributed by atoms with Crippen molar-refractivity contribution in [3.05, 3.63) is 53.7 Å². The number of anilines is 3. The number of carboxylic acids is 1. The number of carboxylic acid groups (broad SMARTS) is 1. The van der Waals surface area contributed by atoms with Gasteiger partial charge in [-0.3, -0.25) is 4.79 Å². The largest absolute Gasteiger partial charge is 0.479 e. The fourth-order valence-electron chi connectivity index (χ4n) is 11.5.